The molecule has 1 fully saturated rings. The Morgan fingerprint density at radius 3 is 2.40 bits per heavy atom. The molecule has 2 amide bonds. The van der Waals surface area contributed by atoms with Gasteiger partial charge >= 0.3 is 0 Å². The van der Waals surface area contributed by atoms with E-state index in [0.717, 1.165) is 5.56 Å². The Hall–Kier alpha value is -4.20. The monoisotopic (exact) mass is 655 g/mol. The van der Waals surface area contributed by atoms with E-state index in [2.05, 4.69) is 15.6 Å². The summed E-state index contributed by atoms with van der Waals surface area (Å²) in [7, 11) is -2.93. The van der Waals surface area contributed by atoms with Crippen molar-refractivity contribution in [1.82, 2.24) is 15.0 Å². The van der Waals surface area contributed by atoms with Gasteiger partial charge in [0.25, 0.3) is 11.8 Å². The number of nitrogens with one attached hydrogen (secondary N) is 1. The molecule has 3 heterocycles. The van der Waals surface area contributed by atoms with Crippen LogP contribution in [0.3, 0.4) is 0 Å². The van der Waals surface area contributed by atoms with Crippen molar-refractivity contribution in [1.29, 1.82) is 0 Å². The normalized spacial score (nSPS) is 23.6. The second kappa shape index (κ2) is 12.8. The smallest absolute Gasteiger partial charge is 0.268 e. The second-order valence-electron chi connectivity index (χ2n) is 13.1. The summed E-state index contributed by atoms with van der Waals surface area (Å²) >= 11 is 0. The Labute approximate surface area is 274 Å². The SMILES string of the molecule is C[C@H](O)C(=O)Nc1ccc2c(c1)[C@@]1(O[C@H](CCn3cc(C(CO)c4ccccc4)nn3)[C@@H]([Si](C)(C)O)[C@@H]1C)C(=O)N2c1ccccc1. The van der Waals surface area contributed by atoms with Crippen LogP contribution in [0.25, 0.3) is 0 Å². The number of para-hydroxylation sites is 1. The number of nitrogens with zero attached hydrogens (tertiary/aromatic N) is 4. The van der Waals surface area contributed by atoms with Crippen molar-refractivity contribution in [2.45, 2.75) is 69.2 Å². The van der Waals surface area contributed by atoms with E-state index in [-0.39, 0.29) is 24.0 Å². The molecule has 0 saturated carbocycles. The highest BCUT2D eigenvalue weighted by Gasteiger charge is 2.66. The molecule has 0 radical (unpaired) electrons. The topological polar surface area (TPSA) is 150 Å². The Balaban J connectivity index is 1.35. The minimum Gasteiger partial charge on any atom is -0.432 e. The molecule has 1 spiro atoms. The molecule has 3 aromatic carbocycles. The number of ether oxygens (including phenoxy) is 1. The van der Waals surface area contributed by atoms with Crippen LogP contribution in [0, 0.1) is 5.92 Å². The second-order valence-corrected chi connectivity index (χ2v) is 17.0. The van der Waals surface area contributed by atoms with Crippen molar-refractivity contribution >= 4 is 37.2 Å². The number of carbonyl (C=O) groups is 2. The lowest BCUT2D eigenvalue weighted by Gasteiger charge is -2.32. The van der Waals surface area contributed by atoms with Crippen LogP contribution in [0.2, 0.25) is 18.6 Å². The molecule has 47 heavy (non-hydrogen) atoms. The molecule has 4 aromatic rings. The zero-order valence-corrected chi connectivity index (χ0v) is 27.9. The zero-order chi connectivity index (χ0) is 33.5. The number of benzene rings is 3. The molecule has 0 bridgehead atoms. The van der Waals surface area contributed by atoms with Crippen molar-refractivity contribution in [3.8, 4) is 0 Å². The first-order valence-electron chi connectivity index (χ1n) is 15.9. The third-order valence-electron chi connectivity index (χ3n) is 9.49. The van der Waals surface area contributed by atoms with Crippen LogP contribution in [0.5, 0.6) is 0 Å². The van der Waals surface area contributed by atoms with Crippen LogP contribution in [0.4, 0.5) is 17.1 Å². The maximum absolute atomic E-state index is 14.7. The lowest BCUT2D eigenvalue weighted by Crippen LogP contribution is -2.45. The van der Waals surface area contributed by atoms with Gasteiger partial charge in [0.1, 0.15) is 6.10 Å². The fourth-order valence-corrected chi connectivity index (χ4v) is 9.93. The van der Waals surface area contributed by atoms with Gasteiger partial charge in [-0.3, -0.25) is 19.2 Å². The average molecular weight is 656 g/mol. The van der Waals surface area contributed by atoms with Crippen LogP contribution < -0.4 is 10.2 Å². The van der Waals surface area contributed by atoms with Gasteiger partial charge in [-0.2, -0.15) is 0 Å². The molecule has 11 nitrogen and oxygen atoms in total. The first-order valence-corrected chi connectivity index (χ1v) is 19.0. The molecule has 12 heteroatoms. The standard InChI is InChI=1S/C35H41N5O6Si/c1-22-32(47(3,4)45)31(17-18-39-20-29(37-38-39)27(21-41)24-11-7-5-8-12-24)46-35(22)28-19-25(36-33(43)23(2)42)15-16-30(28)40(34(35)44)26-13-9-6-10-14-26/h5-16,19-20,22-23,27,31-32,41-42,45H,17-18,21H2,1-4H3,(H,36,43)/t22-,23-,27?,31+,32-,35+/m0/s1. The number of carbonyl (C=O) groups excluding carboxylic acids is 2. The van der Waals surface area contributed by atoms with Crippen LogP contribution >= 0.6 is 0 Å². The molecule has 6 rings (SSSR count). The summed E-state index contributed by atoms with van der Waals surface area (Å²) in [5.74, 6) is -1.54. The summed E-state index contributed by atoms with van der Waals surface area (Å²) in [5.41, 5.74) is 2.19. The van der Waals surface area contributed by atoms with Gasteiger partial charge in [-0.05, 0) is 62.3 Å². The van der Waals surface area contributed by atoms with Gasteiger partial charge in [-0.15, -0.1) is 5.10 Å². The lowest BCUT2D eigenvalue weighted by atomic mass is 9.82. The maximum Gasteiger partial charge on any atom is 0.268 e. The van der Waals surface area contributed by atoms with E-state index in [1.807, 2.05) is 86.9 Å². The third-order valence-corrected chi connectivity index (χ3v) is 12.0. The van der Waals surface area contributed by atoms with Gasteiger partial charge in [0.2, 0.25) is 0 Å². The highest BCUT2D eigenvalue weighted by atomic mass is 28.4. The fraction of sp³-hybridized carbons (Fsp3) is 0.371. The molecule has 4 N–H and O–H groups in total. The number of aromatic nitrogens is 3. The van der Waals surface area contributed by atoms with Crippen molar-refractivity contribution in [2.24, 2.45) is 5.92 Å². The van der Waals surface area contributed by atoms with E-state index < -0.39 is 38.0 Å². The number of fused-ring (bicyclic) bond motifs is 2. The lowest BCUT2D eigenvalue weighted by molar-refractivity contribution is -0.145. The number of aliphatic hydroxyl groups excluding tert-OH is 2. The predicted molar refractivity (Wildman–Crippen MR) is 180 cm³/mol. The summed E-state index contributed by atoms with van der Waals surface area (Å²) < 4.78 is 8.66. The van der Waals surface area contributed by atoms with E-state index in [0.29, 0.717) is 41.3 Å². The van der Waals surface area contributed by atoms with Gasteiger partial charge in [-0.25, -0.2) is 0 Å². The van der Waals surface area contributed by atoms with Gasteiger partial charge < -0.3 is 25.1 Å². The number of aliphatic hydroxyl groups is 2. The molecule has 0 aliphatic carbocycles. The largest absolute Gasteiger partial charge is 0.432 e. The number of hydrogen-bond acceptors (Lipinski definition) is 8. The summed E-state index contributed by atoms with van der Waals surface area (Å²) in [6.45, 7) is 7.41. The molecular weight excluding hydrogens is 615 g/mol. The maximum atomic E-state index is 14.7. The Kier molecular flexibility index (Phi) is 8.89. The molecule has 246 valence electrons. The van der Waals surface area contributed by atoms with Crippen LogP contribution in [-0.2, 0) is 26.5 Å². The molecule has 1 unspecified atom stereocenters. The van der Waals surface area contributed by atoms with Gasteiger partial charge in [-0.1, -0.05) is 60.7 Å². The summed E-state index contributed by atoms with van der Waals surface area (Å²) in [6, 6.07) is 24.2. The Morgan fingerprint density at radius 2 is 1.77 bits per heavy atom. The van der Waals surface area contributed by atoms with E-state index in [9.17, 15) is 24.6 Å². The number of rotatable bonds is 10. The highest BCUT2D eigenvalue weighted by Crippen LogP contribution is 2.61. The van der Waals surface area contributed by atoms with Gasteiger partial charge in [0.05, 0.1) is 30.0 Å². The fourth-order valence-electron chi connectivity index (χ4n) is 7.33. The van der Waals surface area contributed by atoms with Crippen molar-refractivity contribution in [3.63, 3.8) is 0 Å². The number of anilines is 3. The summed E-state index contributed by atoms with van der Waals surface area (Å²) in [6.07, 6.45) is 0.574. The van der Waals surface area contributed by atoms with E-state index in [4.69, 9.17) is 4.74 Å². The van der Waals surface area contributed by atoms with E-state index in [1.54, 1.807) is 27.8 Å². The van der Waals surface area contributed by atoms with Crippen LogP contribution in [0.15, 0.2) is 85.1 Å². The minimum absolute atomic E-state index is 0.111. The summed E-state index contributed by atoms with van der Waals surface area (Å²) in [4.78, 5) is 40.5. The van der Waals surface area contributed by atoms with Crippen molar-refractivity contribution in [3.05, 3.63) is 102 Å². The van der Waals surface area contributed by atoms with E-state index >= 15 is 0 Å². The number of aryl methyl sites for hydroxylation is 1. The highest BCUT2D eigenvalue weighted by molar-refractivity contribution is 6.71. The van der Waals surface area contributed by atoms with Crippen LogP contribution in [0.1, 0.15) is 43.0 Å². The van der Waals surface area contributed by atoms with Crippen molar-refractivity contribution < 1.29 is 29.3 Å². The molecular formula is C35H41N5O6Si. The zero-order valence-electron chi connectivity index (χ0n) is 26.9. The predicted octanol–water partition coefficient (Wildman–Crippen LogP) is 4.29. The number of amides is 2. The average Bonchev–Trinajstić information content (AvgIpc) is 3.70. The Bertz CT molecular complexity index is 1740. The Morgan fingerprint density at radius 1 is 1.09 bits per heavy atom. The van der Waals surface area contributed by atoms with Gasteiger partial charge in [0, 0.05) is 41.1 Å². The summed E-state index contributed by atoms with van der Waals surface area (Å²) in [5, 5.41) is 31.4. The first-order chi connectivity index (χ1) is 22.5. The number of hydrogen-bond donors (Lipinski definition) is 4. The molecule has 1 saturated heterocycles. The van der Waals surface area contributed by atoms with Crippen molar-refractivity contribution in [2.75, 3.05) is 16.8 Å². The van der Waals surface area contributed by atoms with Gasteiger partial charge in [0.15, 0.2) is 13.9 Å². The van der Waals surface area contributed by atoms with E-state index in [1.165, 1.54) is 6.92 Å². The molecule has 6 atom stereocenters. The third kappa shape index (κ3) is 5.91. The quantitative estimate of drug-likeness (QED) is 0.185. The molecule has 2 aliphatic rings. The van der Waals surface area contributed by atoms with Crippen LogP contribution in [-0.4, -0.2) is 68.9 Å². The molecule has 1 aromatic heterocycles. The first kappa shape index (κ1) is 32.7. The minimum atomic E-state index is -2.93. The molecule has 2 aliphatic heterocycles.